The number of anilines is 2. The van der Waals surface area contributed by atoms with Gasteiger partial charge >= 0.3 is 0 Å². The third-order valence-electron chi connectivity index (χ3n) is 3.64. The van der Waals surface area contributed by atoms with Gasteiger partial charge in [0.2, 0.25) is 0 Å². The monoisotopic (exact) mass is 300 g/mol. The molecule has 0 spiro atoms. The topological polar surface area (TPSA) is 90.0 Å². The van der Waals surface area contributed by atoms with E-state index in [1.807, 2.05) is 6.92 Å². The Morgan fingerprint density at radius 3 is 2.45 bits per heavy atom. The van der Waals surface area contributed by atoms with Crippen molar-refractivity contribution in [3.05, 3.63) is 0 Å². The second kappa shape index (κ2) is 5.27. The standard InChI is InChI=1S/C13H24N4O2S/c1-8(2)7-15-13-11(20(4,18)19)12(14)17(16-13)9(3)10-5-6-10/h8-10H,5-7,14H2,1-4H3,(H,15,16). The van der Waals surface area contributed by atoms with Crippen LogP contribution < -0.4 is 11.1 Å². The molecule has 1 fully saturated rings. The van der Waals surface area contributed by atoms with Gasteiger partial charge < -0.3 is 11.1 Å². The van der Waals surface area contributed by atoms with Crippen LogP contribution in [0.5, 0.6) is 0 Å². The summed E-state index contributed by atoms with van der Waals surface area (Å²) in [5.74, 6) is 1.58. The Labute approximate surface area is 120 Å². The van der Waals surface area contributed by atoms with Crippen molar-refractivity contribution in [3.8, 4) is 0 Å². The first-order valence-electron chi connectivity index (χ1n) is 7.03. The molecular weight excluding hydrogens is 276 g/mol. The van der Waals surface area contributed by atoms with E-state index < -0.39 is 9.84 Å². The highest BCUT2D eigenvalue weighted by Gasteiger charge is 2.33. The highest BCUT2D eigenvalue weighted by molar-refractivity contribution is 7.91. The van der Waals surface area contributed by atoms with Gasteiger partial charge in [-0.25, -0.2) is 13.1 Å². The molecule has 2 rings (SSSR count). The van der Waals surface area contributed by atoms with E-state index in [0.717, 1.165) is 12.8 Å². The van der Waals surface area contributed by atoms with Crippen LogP contribution in [0.2, 0.25) is 0 Å². The molecule has 20 heavy (non-hydrogen) atoms. The predicted octanol–water partition coefficient (Wildman–Crippen LogP) is 1.91. The Hall–Kier alpha value is -1.24. The van der Waals surface area contributed by atoms with Crippen LogP contribution in [0.3, 0.4) is 0 Å². The van der Waals surface area contributed by atoms with Crippen molar-refractivity contribution < 1.29 is 8.42 Å². The van der Waals surface area contributed by atoms with E-state index in [4.69, 9.17) is 5.73 Å². The molecule has 0 bridgehead atoms. The van der Waals surface area contributed by atoms with Crippen molar-refractivity contribution in [2.75, 3.05) is 23.9 Å². The Bertz CT molecular complexity index is 588. The van der Waals surface area contributed by atoms with Gasteiger partial charge in [-0.05, 0) is 31.6 Å². The summed E-state index contributed by atoms with van der Waals surface area (Å²) in [6, 6.07) is 0.144. The molecule has 1 saturated carbocycles. The van der Waals surface area contributed by atoms with Crippen LogP contribution >= 0.6 is 0 Å². The molecule has 0 radical (unpaired) electrons. The molecule has 1 atom stereocenters. The summed E-state index contributed by atoms with van der Waals surface area (Å²) >= 11 is 0. The van der Waals surface area contributed by atoms with Gasteiger partial charge in [-0.2, -0.15) is 5.10 Å². The molecular formula is C13H24N4O2S. The molecule has 6 nitrogen and oxygen atoms in total. The number of nitrogen functional groups attached to an aromatic ring is 1. The minimum atomic E-state index is -3.40. The molecule has 0 saturated heterocycles. The van der Waals surface area contributed by atoms with E-state index in [1.54, 1.807) is 4.68 Å². The quantitative estimate of drug-likeness (QED) is 0.837. The molecule has 1 aliphatic rings. The molecule has 0 aromatic carbocycles. The average molecular weight is 300 g/mol. The lowest BCUT2D eigenvalue weighted by Gasteiger charge is -2.12. The van der Waals surface area contributed by atoms with E-state index in [9.17, 15) is 8.42 Å². The van der Waals surface area contributed by atoms with Crippen molar-refractivity contribution in [2.45, 2.75) is 44.6 Å². The molecule has 1 unspecified atom stereocenters. The normalized spacial score (nSPS) is 17.4. The lowest BCUT2D eigenvalue weighted by molar-refractivity contribution is 0.446. The van der Waals surface area contributed by atoms with Gasteiger partial charge in [0, 0.05) is 12.8 Å². The van der Waals surface area contributed by atoms with E-state index >= 15 is 0 Å². The molecule has 1 aromatic rings. The minimum Gasteiger partial charge on any atom is -0.383 e. The van der Waals surface area contributed by atoms with Crippen molar-refractivity contribution >= 4 is 21.5 Å². The highest BCUT2D eigenvalue weighted by atomic mass is 32.2. The SMILES string of the molecule is CC(C)CNc1nn(C(C)C2CC2)c(N)c1S(C)(=O)=O. The number of aromatic nitrogens is 2. The van der Waals surface area contributed by atoms with Crippen LogP contribution in [0.15, 0.2) is 4.90 Å². The summed E-state index contributed by atoms with van der Waals surface area (Å²) in [6.07, 6.45) is 3.49. The van der Waals surface area contributed by atoms with E-state index in [2.05, 4.69) is 24.3 Å². The molecule has 0 amide bonds. The summed E-state index contributed by atoms with van der Waals surface area (Å²) in [5.41, 5.74) is 6.04. The van der Waals surface area contributed by atoms with E-state index in [0.29, 0.717) is 24.2 Å². The summed E-state index contributed by atoms with van der Waals surface area (Å²) < 4.78 is 25.6. The van der Waals surface area contributed by atoms with Gasteiger partial charge in [0.05, 0.1) is 6.04 Å². The maximum atomic E-state index is 12.0. The number of nitrogens with one attached hydrogen (secondary N) is 1. The first-order valence-corrected chi connectivity index (χ1v) is 8.92. The Morgan fingerprint density at radius 1 is 1.40 bits per heavy atom. The number of nitrogens with zero attached hydrogens (tertiary/aromatic N) is 2. The van der Waals surface area contributed by atoms with Crippen LogP contribution in [0.4, 0.5) is 11.6 Å². The van der Waals surface area contributed by atoms with Crippen LogP contribution in [-0.2, 0) is 9.84 Å². The maximum absolute atomic E-state index is 12.0. The Balaban J connectivity index is 2.40. The van der Waals surface area contributed by atoms with Crippen molar-refractivity contribution in [1.29, 1.82) is 0 Å². The average Bonchev–Trinajstić information content (AvgIpc) is 3.08. The zero-order valence-corrected chi connectivity index (χ0v) is 13.4. The number of hydrogen-bond acceptors (Lipinski definition) is 5. The third kappa shape index (κ3) is 3.08. The Kier molecular flexibility index (Phi) is 4.00. The predicted molar refractivity (Wildman–Crippen MR) is 80.5 cm³/mol. The molecule has 1 aliphatic carbocycles. The molecule has 114 valence electrons. The summed E-state index contributed by atoms with van der Waals surface area (Å²) in [6.45, 7) is 6.82. The van der Waals surface area contributed by atoms with Gasteiger partial charge in [0.1, 0.15) is 5.82 Å². The minimum absolute atomic E-state index is 0.130. The van der Waals surface area contributed by atoms with Crippen molar-refractivity contribution in [1.82, 2.24) is 9.78 Å². The van der Waals surface area contributed by atoms with E-state index in [-0.39, 0.29) is 16.8 Å². The summed E-state index contributed by atoms with van der Waals surface area (Å²) in [4.78, 5) is 0.130. The number of hydrogen-bond donors (Lipinski definition) is 2. The molecule has 3 N–H and O–H groups in total. The van der Waals surface area contributed by atoms with Crippen LogP contribution in [-0.4, -0.2) is 31.0 Å². The zero-order chi connectivity index (χ0) is 15.1. The first-order chi connectivity index (χ1) is 9.21. The second-order valence-electron chi connectivity index (χ2n) is 6.13. The molecule has 0 aliphatic heterocycles. The Morgan fingerprint density at radius 2 is 2.00 bits per heavy atom. The van der Waals surface area contributed by atoms with Crippen molar-refractivity contribution in [3.63, 3.8) is 0 Å². The maximum Gasteiger partial charge on any atom is 0.182 e. The molecule has 7 heteroatoms. The van der Waals surface area contributed by atoms with Crippen LogP contribution in [0.25, 0.3) is 0 Å². The van der Waals surface area contributed by atoms with Gasteiger partial charge in [-0.3, -0.25) is 0 Å². The largest absolute Gasteiger partial charge is 0.383 e. The zero-order valence-electron chi connectivity index (χ0n) is 12.5. The fourth-order valence-corrected chi connectivity index (χ4v) is 3.24. The lowest BCUT2D eigenvalue weighted by atomic mass is 10.2. The van der Waals surface area contributed by atoms with Gasteiger partial charge in [0.15, 0.2) is 20.6 Å². The van der Waals surface area contributed by atoms with Gasteiger partial charge in [0.25, 0.3) is 0 Å². The smallest absolute Gasteiger partial charge is 0.182 e. The summed E-state index contributed by atoms with van der Waals surface area (Å²) in [7, 11) is -3.40. The fourth-order valence-electron chi connectivity index (χ4n) is 2.30. The van der Waals surface area contributed by atoms with Crippen molar-refractivity contribution in [2.24, 2.45) is 11.8 Å². The summed E-state index contributed by atoms with van der Waals surface area (Å²) in [5, 5.41) is 7.51. The van der Waals surface area contributed by atoms with Crippen LogP contribution in [0, 0.1) is 11.8 Å². The lowest BCUT2D eigenvalue weighted by Crippen LogP contribution is -2.13. The van der Waals surface area contributed by atoms with E-state index in [1.165, 1.54) is 6.26 Å². The number of nitrogens with two attached hydrogens (primary N) is 1. The highest BCUT2D eigenvalue weighted by Crippen LogP contribution is 2.41. The third-order valence-corrected chi connectivity index (χ3v) is 4.78. The first kappa shape index (κ1) is 15.2. The fraction of sp³-hybridized carbons (Fsp3) is 0.769. The number of sulfone groups is 1. The number of rotatable bonds is 6. The van der Waals surface area contributed by atoms with Crippen LogP contribution in [0.1, 0.15) is 39.7 Å². The van der Waals surface area contributed by atoms with Gasteiger partial charge in [-0.15, -0.1) is 0 Å². The second-order valence-corrected chi connectivity index (χ2v) is 8.09. The molecule has 1 heterocycles. The molecule has 1 aromatic heterocycles. The van der Waals surface area contributed by atoms with Gasteiger partial charge in [-0.1, -0.05) is 13.8 Å².